The molecule has 0 spiro atoms. The first-order chi connectivity index (χ1) is 10.2. The van der Waals surface area contributed by atoms with Crippen molar-refractivity contribution >= 4 is 17.5 Å². The number of hydrogen-bond acceptors (Lipinski definition) is 4. The molecule has 22 heavy (non-hydrogen) atoms. The molecule has 116 valence electrons. The Labute approximate surface area is 121 Å². The van der Waals surface area contributed by atoms with Gasteiger partial charge in [-0.3, -0.25) is 14.9 Å². The molecule has 2 rings (SSSR count). The number of amides is 1. The number of carbonyl (C=O) groups excluding carboxylic acids is 1. The largest absolute Gasteiger partial charge is 0.433 e. The molecule has 1 aromatic heterocycles. The van der Waals surface area contributed by atoms with Gasteiger partial charge < -0.3 is 9.73 Å². The molecule has 6 nitrogen and oxygen atoms in total. The minimum absolute atomic E-state index is 0.0131. The van der Waals surface area contributed by atoms with Gasteiger partial charge in [0.25, 0.3) is 5.91 Å². The summed E-state index contributed by atoms with van der Waals surface area (Å²) in [7, 11) is 0. The summed E-state index contributed by atoms with van der Waals surface area (Å²) >= 11 is 0. The van der Waals surface area contributed by atoms with E-state index in [2.05, 4.69) is 9.73 Å². The molecule has 0 aliphatic heterocycles. The number of nitro groups is 1. The zero-order valence-electron chi connectivity index (χ0n) is 11.1. The van der Waals surface area contributed by atoms with Crippen LogP contribution in [0.4, 0.5) is 24.7 Å². The van der Waals surface area contributed by atoms with E-state index < -0.39 is 28.5 Å². The number of alkyl halides is 3. The second-order valence-electron chi connectivity index (χ2n) is 4.38. The molecule has 0 bridgehead atoms. The lowest BCUT2D eigenvalue weighted by molar-refractivity contribution is -0.402. The number of furan rings is 1. The van der Waals surface area contributed by atoms with Crippen molar-refractivity contribution in [1.82, 2.24) is 0 Å². The second kappa shape index (κ2) is 5.51. The predicted molar refractivity (Wildman–Crippen MR) is 69.5 cm³/mol. The van der Waals surface area contributed by atoms with Crippen molar-refractivity contribution < 1.29 is 27.3 Å². The molecule has 0 aliphatic carbocycles. The van der Waals surface area contributed by atoms with Crippen LogP contribution in [-0.2, 0) is 6.18 Å². The van der Waals surface area contributed by atoms with E-state index in [1.54, 1.807) is 0 Å². The molecule has 0 atom stereocenters. The zero-order chi connectivity index (χ0) is 16.5. The molecular weight excluding hydrogens is 305 g/mol. The van der Waals surface area contributed by atoms with Crippen molar-refractivity contribution in [3.05, 3.63) is 57.3 Å². The molecule has 1 N–H and O–H groups in total. The standard InChI is InChI=1S/C13H9F3N2O4/c1-7-2-3-8(6-9(7)13(14,15)16)17-12(19)10-4-5-11(22-10)18(20)21/h2-6H,1H3,(H,17,19). The highest BCUT2D eigenvalue weighted by Gasteiger charge is 2.32. The Morgan fingerprint density at radius 3 is 2.50 bits per heavy atom. The quantitative estimate of drug-likeness (QED) is 0.690. The van der Waals surface area contributed by atoms with Gasteiger partial charge in [0.2, 0.25) is 0 Å². The van der Waals surface area contributed by atoms with Crippen molar-refractivity contribution in [3.63, 3.8) is 0 Å². The number of halogens is 3. The number of benzene rings is 1. The Bertz CT molecular complexity index is 737. The lowest BCUT2D eigenvalue weighted by atomic mass is 10.1. The van der Waals surface area contributed by atoms with Gasteiger partial charge in [-0.05, 0) is 30.7 Å². The number of aryl methyl sites for hydroxylation is 1. The lowest BCUT2D eigenvalue weighted by Gasteiger charge is -2.12. The molecule has 0 aliphatic rings. The predicted octanol–water partition coefficient (Wildman–Crippen LogP) is 3.77. The molecule has 0 saturated carbocycles. The third kappa shape index (κ3) is 3.25. The van der Waals surface area contributed by atoms with Crippen LogP contribution in [0.15, 0.2) is 34.7 Å². The highest BCUT2D eigenvalue weighted by molar-refractivity contribution is 6.02. The number of hydrogen-bond donors (Lipinski definition) is 1. The normalized spacial score (nSPS) is 11.3. The van der Waals surface area contributed by atoms with Gasteiger partial charge in [-0.1, -0.05) is 6.07 Å². The fraction of sp³-hybridized carbons (Fsp3) is 0.154. The summed E-state index contributed by atoms with van der Waals surface area (Å²) in [5.74, 6) is -1.89. The van der Waals surface area contributed by atoms with Crippen LogP contribution >= 0.6 is 0 Å². The topological polar surface area (TPSA) is 85.4 Å². The highest BCUT2D eigenvalue weighted by atomic mass is 19.4. The molecular formula is C13H9F3N2O4. The van der Waals surface area contributed by atoms with E-state index in [0.29, 0.717) is 0 Å². The lowest BCUT2D eigenvalue weighted by Crippen LogP contribution is -2.13. The van der Waals surface area contributed by atoms with E-state index >= 15 is 0 Å². The van der Waals surface area contributed by atoms with Crippen LogP contribution in [0.2, 0.25) is 0 Å². The van der Waals surface area contributed by atoms with Crippen LogP contribution < -0.4 is 5.32 Å². The minimum Gasteiger partial charge on any atom is -0.395 e. The average molecular weight is 314 g/mol. The second-order valence-corrected chi connectivity index (χ2v) is 4.38. The van der Waals surface area contributed by atoms with Crippen LogP contribution in [0.5, 0.6) is 0 Å². The maximum absolute atomic E-state index is 12.8. The zero-order valence-corrected chi connectivity index (χ0v) is 11.1. The number of rotatable bonds is 3. The van der Waals surface area contributed by atoms with Gasteiger partial charge in [-0.2, -0.15) is 13.2 Å². The van der Waals surface area contributed by atoms with E-state index in [1.165, 1.54) is 19.1 Å². The van der Waals surface area contributed by atoms with Crippen molar-refractivity contribution in [2.45, 2.75) is 13.1 Å². The fourth-order valence-corrected chi connectivity index (χ4v) is 1.75. The molecule has 2 aromatic rings. The summed E-state index contributed by atoms with van der Waals surface area (Å²) in [6.07, 6.45) is -4.55. The van der Waals surface area contributed by atoms with E-state index in [4.69, 9.17) is 0 Å². The maximum Gasteiger partial charge on any atom is 0.433 e. The Hall–Kier alpha value is -2.84. The first kappa shape index (κ1) is 15.5. The maximum atomic E-state index is 12.8. The van der Waals surface area contributed by atoms with Crippen molar-refractivity contribution in [1.29, 1.82) is 0 Å². The summed E-state index contributed by atoms with van der Waals surface area (Å²) in [5.41, 5.74) is -0.961. The fourth-order valence-electron chi connectivity index (χ4n) is 1.75. The van der Waals surface area contributed by atoms with Gasteiger partial charge >= 0.3 is 12.1 Å². The van der Waals surface area contributed by atoms with Gasteiger partial charge in [-0.15, -0.1) is 0 Å². The van der Waals surface area contributed by atoms with E-state index in [-0.39, 0.29) is 17.0 Å². The molecule has 9 heteroatoms. The summed E-state index contributed by atoms with van der Waals surface area (Å²) < 4.78 is 43.0. The molecule has 1 aromatic carbocycles. The first-order valence-electron chi connectivity index (χ1n) is 5.92. The number of anilines is 1. The van der Waals surface area contributed by atoms with Gasteiger partial charge in [0.15, 0.2) is 5.76 Å². The Balaban J connectivity index is 2.23. The smallest absolute Gasteiger partial charge is 0.395 e. The Morgan fingerprint density at radius 2 is 1.95 bits per heavy atom. The van der Waals surface area contributed by atoms with E-state index in [9.17, 15) is 28.1 Å². The summed E-state index contributed by atoms with van der Waals surface area (Å²) in [5, 5.41) is 12.6. The molecule has 1 amide bonds. The van der Waals surface area contributed by atoms with Gasteiger partial charge in [0, 0.05) is 5.69 Å². The average Bonchev–Trinajstić information content (AvgIpc) is 2.89. The monoisotopic (exact) mass is 314 g/mol. The minimum atomic E-state index is -4.55. The van der Waals surface area contributed by atoms with Crippen LogP contribution in [-0.4, -0.2) is 10.8 Å². The van der Waals surface area contributed by atoms with Crippen LogP contribution in [0.1, 0.15) is 21.7 Å². The molecule has 0 fully saturated rings. The third-order valence-corrected chi connectivity index (χ3v) is 2.80. The number of carbonyl (C=O) groups is 1. The van der Waals surface area contributed by atoms with Crippen LogP contribution in [0.25, 0.3) is 0 Å². The van der Waals surface area contributed by atoms with Crippen molar-refractivity contribution in [2.75, 3.05) is 5.32 Å². The number of nitrogens with one attached hydrogen (secondary N) is 1. The Morgan fingerprint density at radius 1 is 1.27 bits per heavy atom. The van der Waals surface area contributed by atoms with E-state index in [1.807, 2.05) is 0 Å². The summed E-state index contributed by atoms with van der Waals surface area (Å²) in [6.45, 7) is 1.30. The van der Waals surface area contributed by atoms with Crippen LogP contribution in [0.3, 0.4) is 0 Å². The molecule has 0 radical (unpaired) electrons. The Kier molecular flexibility index (Phi) is 3.89. The third-order valence-electron chi connectivity index (χ3n) is 2.80. The molecule has 0 unspecified atom stereocenters. The molecule has 0 saturated heterocycles. The van der Waals surface area contributed by atoms with Crippen molar-refractivity contribution in [3.8, 4) is 0 Å². The van der Waals surface area contributed by atoms with Gasteiger partial charge in [-0.25, -0.2) is 0 Å². The molecule has 1 heterocycles. The SMILES string of the molecule is Cc1ccc(NC(=O)c2ccc([N+](=O)[O-])o2)cc1C(F)(F)F. The summed E-state index contributed by atoms with van der Waals surface area (Å²) in [4.78, 5) is 21.4. The van der Waals surface area contributed by atoms with Gasteiger partial charge in [0.1, 0.15) is 4.92 Å². The van der Waals surface area contributed by atoms with Crippen molar-refractivity contribution in [2.24, 2.45) is 0 Å². The van der Waals surface area contributed by atoms with Gasteiger partial charge in [0.05, 0.1) is 11.6 Å². The first-order valence-corrected chi connectivity index (χ1v) is 5.92. The highest BCUT2D eigenvalue weighted by Crippen LogP contribution is 2.33. The number of nitrogens with zero attached hydrogens (tertiary/aromatic N) is 1. The van der Waals surface area contributed by atoms with Crippen LogP contribution in [0, 0.1) is 17.0 Å². The summed E-state index contributed by atoms with van der Waals surface area (Å²) in [6, 6.07) is 5.32. The van der Waals surface area contributed by atoms with E-state index in [0.717, 1.165) is 18.2 Å².